The smallest absolute Gasteiger partial charge is 0.212 e. The maximum atomic E-state index is 13.2. The van der Waals surface area contributed by atoms with Gasteiger partial charge in [-0.05, 0) is 84.2 Å². The molecule has 2 atom stereocenters. The van der Waals surface area contributed by atoms with Crippen LogP contribution in [0.2, 0.25) is 10.0 Å². The fourth-order valence-corrected chi connectivity index (χ4v) is 7.11. The second kappa shape index (κ2) is 7.56. The van der Waals surface area contributed by atoms with Gasteiger partial charge in [-0.3, -0.25) is 0 Å². The van der Waals surface area contributed by atoms with Crippen LogP contribution in [0.1, 0.15) is 66.2 Å². The highest BCUT2D eigenvalue weighted by Crippen LogP contribution is 2.52. The number of halogens is 2. The van der Waals surface area contributed by atoms with Gasteiger partial charge in [-0.1, -0.05) is 47.5 Å². The van der Waals surface area contributed by atoms with Crippen molar-refractivity contribution in [1.29, 1.82) is 0 Å². The zero-order valence-electron chi connectivity index (χ0n) is 16.3. The summed E-state index contributed by atoms with van der Waals surface area (Å²) in [5.41, 5.74) is 4.84. The first-order valence-electron chi connectivity index (χ1n) is 10.5. The van der Waals surface area contributed by atoms with Crippen molar-refractivity contribution in [1.82, 2.24) is 4.31 Å². The summed E-state index contributed by atoms with van der Waals surface area (Å²) >= 11 is 12.1. The van der Waals surface area contributed by atoms with Crippen LogP contribution in [0, 0.1) is 5.92 Å². The molecular formula is C23H25Cl2NO2S. The molecule has 6 heteroatoms. The summed E-state index contributed by atoms with van der Waals surface area (Å²) in [6.07, 6.45) is 6.04. The van der Waals surface area contributed by atoms with Crippen molar-refractivity contribution in [3.8, 4) is 0 Å². The van der Waals surface area contributed by atoms with Gasteiger partial charge in [0.1, 0.15) is 0 Å². The van der Waals surface area contributed by atoms with Gasteiger partial charge in [0, 0.05) is 13.1 Å². The molecule has 3 aliphatic rings. The van der Waals surface area contributed by atoms with Gasteiger partial charge in [0.05, 0.1) is 15.8 Å². The predicted molar refractivity (Wildman–Crippen MR) is 118 cm³/mol. The third kappa shape index (κ3) is 3.85. The van der Waals surface area contributed by atoms with E-state index in [2.05, 4.69) is 18.2 Å². The van der Waals surface area contributed by atoms with E-state index >= 15 is 0 Å². The van der Waals surface area contributed by atoms with Crippen LogP contribution in [-0.2, 0) is 22.3 Å². The first-order chi connectivity index (χ1) is 13.9. The predicted octanol–water partition coefficient (Wildman–Crippen LogP) is 6.10. The molecular weight excluding hydrogens is 425 g/mol. The molecule has 0 N–H and O–H groups in total. The maximum absolute atomic E-state index is 13.2. The van der Waals surface area contributed by atoms with Gasteiger partial charge in [-0.25, -0.2) is 8.42 Å². The first-order valence-corrected chi connectivity index (χ1v) is 12.8. The lowest BCUT2D eigenvalue weighted by Crippen LogP contribution is -2.32. The number of benzene rings is 2. The number of rotatable bonds is 4. The van der Waals surface area contributed by atoms with E-state index in [1.54, 1.807) is 22.5 Å². The molecule has 1 heterocycles. The van der Waals surface area contributed by atoms with Crippen LogP contribution >= 0.6 is 23.2 Å². The quantitative estimate of drug-likeness (QED) is 0.565. The van der Waals surface area contributed by atoms with E-state index in [1.807, 2.05) is 0 Å². The van der Waals surface area contributed by atoms with Gasteiger partial charge < -0.3 is 0 Å². The average Bonchev–Trinajstić information content (AvgIpc) is 3.53. The van der Waals surface area contributed by atoms with Crippen molar-refractivity contribution < 1.29 is 8.42 Å². The number of hydrogen-bond donors (Lipinski definition) is 0. The van der Waals surface area contributed by atoms with Gasteiger partial charge in [0.2, 0.25) is 10.0 Å². The van der Waals surface area contributed by atoms with Crippen LogP contribution in [0.5, 0.6) is 0 Å². The van der Waals surface area contributed by atoms with E-state index < -0.39 is 10.0 Å². The molecule has 2 aliphatic carbocycles. The third-order valence-electron chi connectivity index (χ3n) is 6.86. The largest absolute Gasteiger partial charge is 0.218 e. The summed E-state index contributed by atoms with van der Waals surface area (Å²) in [7, 11) is -3.44. The molecule has 1 fully saturated rings. The topological polar surface area (TPSA) is 37.4 Å². The Morgan fingerprint density at radius 3 is 2.55 bits per heavy atom. The van der Waals surface area contributed by atoms with Gasteiger partial charge in [0.15, 0.2) is 0 Å². The fraction of sp³-hybridized carbons (Fsp3) is 0.478. The molecule has 0 spiro atoms. The molecule has 0 saturated heterocycles. The summed E-state index contributed by atoms with van der Waals surface area (Å²) in [4.78, 5) is 0. The zero-order valence-corrected chi connectivity index (χ0v) is 18.6. The van der Waals surface area contributed by atoms with Crippen molar-refractivity contribution in [3.63, 3.8) is 0 Å². The standard InChI is InChI=1S/C23H25Cl2NO2S/c24-21-9-4-15(12-22(21)25)14-29(27,28)26-11-10-17-7-8-19(16-5-6-16)20-3-1-2-18(13-26)23(17)20/h1-4,9,12,16-17,19H,5-8,10-11,13-14H2. The second-order valence-electron chi connectivity index (χ2n) is 8.77. The lowest BCUT2D eigenvalue weighted by molar-refractivity contribution is 0.383. The zero-order chi connectivity index (χ0) is 20.2. The lowest BCUT2D eigenvalue weighted by Gasteiger charge is -2.32. The summed E-state index contributed by atoms with van der Waals surface area (Å²) in [5, 5.41) is 0.831. The van der Waals surface area contributed by atoms with Crippen molar-refractivity contribution >= 4 is 33.2 Å². The molecule has 5 rings (SSSR count). The molecule has 0 radical (unpaired) electrons. The van der Waals surface area contributed by atoms with Gasteiger partial charge in [-0.15, -0.1) is 0 Å². The highest BCUT2D eigenvalue weighted by molar-refractivity contribution is 7.88. The van der Waals surface area contributed by atoms with Crippen LogP contribution in [0.3, 0.4) is 0 Å². The Hall–Kier alpha value is -1.07. The molecule has 0 bridgehead atoms. The maximum Gasteiger partial charge on any atom is 0.218 e. The molecule has 3 nitrogen and oxygen atoms in total. The molecule has 0 amide bonds. The van der Waals surface area contributed by atoms with E-state index in [9.17, 15) is 8.42 Å². The molecule has 154 valence electrons. The van der Waals surface area contributed by atoms with Crippen molar-refractivity contribution in [2.75, 3.05) is 6.54 Å². The molecule has 2 aromatic rings. The molecule has 29 heavy (non-hydrogen) atoms. The van der Waals surface area contributed by atoms with E-state index in [0.717, 1.165) is 12.3 Å². The Bertz CT molecular complexity index is 1050. The SMILES string of the molecule is O=S(=O)(Cc1ccc(Cl)c(Cl)c1)N1CCC2CCC(C3CC3)c3cccc(c32)C1. The molecule has 1 saturated carbocycles. The third-order valence-corrected chi connectivity index (χ3v) is 9.39. The van der Waals surface area contributed by atoms with Crippen LogP contribution in [0.4, 0.5) is 0 Å². The van der Waals surface area contributed by atoms with E-state index in [-0.39, 0.29) is 5.75 Å². The minimum atomic E-state index is -3.44. The Morgan fingerprint density at radius 1 is 0.966 bits per heavy atom. The van der Waals surface area contributed by atoms with Gasteiger partial charge >= 0.3 is 0 Å². The van der Waals surface area contributed by atoms with Crippen LogP contribution in [-0.4, -0.2) is 19.3 Å². The van der Waals surface area contributed by atoms with E-state index in [1.165, 1.54) is 42.4 Å². The molecule has 2 aromatic carbocycles. The van der Waals surface area contributed by atoms with Crippen LogP contribution < -0.4 is 0 Å². The lowest BCUT2D eigenvalue weighted by atomic mass is 9.72. The Morgan fingerprint density at radius 2 is 1.79 bits per heavy atom. The fourth-order valence-electron chi connectivity index (χ4n) is 5.29. The Kier molecular flexibility index (Phi) is 5.18. The van der Waals surface area contributed by atoms with E-state index in [4.69, 9.17) is 23.2 Å². The van der Waals surface area contributed by atoms with E-state index in [0.29, 0.717) is 40.5 Å². The summed E-state index contributed by atoms with van der Waals surface area (Å²) in [6.45, 7) is 1.05. The summed E-state index contributed by atoms with van der Waals surface area (Å²) in [5.74, 6) is 1.97. The first kappa shape index (κ1) is 19.9. The summed E-state index contributed by atoms with van der Waals surface area (Å²) in [6, 6.07) is 11.6. The Labute approximate surface area is 183 Å². The van der Waals surface area contributed by atoms with Gasteiger partial charge in [0.25, 0.3) is 0 Å². The van der Waals surface area contributed by atoms with Crippen molar-refractivity contribution in [2.24, 2.45) is 5.92 Å². The van der Waals surface area contributed by atoms with Crippen LogP contribution in [0.15, 0.2) is 36.4 Å². The molecule has 2 unspecified atom stereocenters. The monoisotopic (exact) mass is 449 g/mol. The normalized spacial score (nSPS) is 24.8. The highest BCUT2D eigenvalue weighted by atomic mass is 35.5. The van der Waals surface area contributed by atoms with Crippen molar-refractivity contribution in [2.45, 2.75) is 56.2 Å². The number of hydrogen-bond acceptors (Lipinski definition) is 2. The minimum Gasteiger partial charge on any atom is -0.212 e. The summed E-state index contributed by atoms with van der Waals surface area (Å²) < 4.78 is 28.2. The average molecular weight is 450 g/mol. The molecule has 1 aliphatic heterocycles. The highest BCUT2D eigenvalue weighted by Gasteiger charge is 2.40. The van der Waals surface area contributed by atoms with Gasteiger partial charge in [-0.2, -0.15) is 4.31 Å². The second-order valence-corrected chi connectivity index (χ2v) is 11.5. The molecule has 0 aromatic heterocycles. The minimum absolute atomic E-state index is 0.0473. The van der Waals surface area contributed by atoms with Crippen molar-refractivity contribution in [3.05, 3.63) is 68.7 Å². The number of nitrogens with zero attached hydrogens (tertiary/aromatic N) is 1. The number of sulfonamides is 1. The Balaban J connectivity index is 1.44. The van der Waals surface area contributed by atoms with Crippen LogP contribution in [0.25, 0.3) is 0 Å².